The Kier molecular flexibility index (Phi) is 2.46. The third-order valence-electron chi connectivity index (χ3n) is 1.48. The first-order chi connectivity index (χ1) is 5.41. The molecular formula is C8H9F3S. The molecule has 0 saturated carbocycles. The zero-order valence-corrected chi connectivity index (χ0v) is 7.59. The van der Waals surface area contributed by atoms with Crippen LogP contribution in [0.4, 0.5) is 13.2 Å². The van der Waals surface area contributed by atoms with Crippen molar-refractivity contribution in [1.29, 1.82) is 0 Å². The first-order valence-electron chi connectivity index (χ1n) is 3.58. The van der Waals surface area contributed by atoms with Gasteiger partial charge in [0.1, 0.15) is 4.88 Å². The Bertz CT molecular complexity index is 260. The van der Waals surface area contributed by atoms with Crippen LogP contribution in [0, 0.1) is 0 Å². The SMILES string of the molecule is CC(C)c1ccc(C(F)(F)F)s1. The summed E-state index contributed by atoms with van der Waals surface area (Å²) in [5.41, 5.74) is 0. The third kappa shape index (κ3) is 2.00. The molecule has 0 nitrogen and oxygen atoms in total. The molecule has 0 radical (unpaired) electrons. The molecule has 0 amide bonds. The van der Waals surface area contributed by atoms with Gasteiger partial charge >= 0.3 is 6.18 Å². The van der Waals surface area contributed by atoms with Gasteiger partial charge in [0, 0.05) is 4.88 Å². The van der Waals surface area contributed by atoms with Crippen LogP contribution in [0.25, 0.3) is 0 Å². The summed E-state index contributed by atoms with van der Waals surface area (Å²) >= 11 is 0.823. The smallest absolute Gasteiger partial charge is 0.165 e. The Morgan fingerprint density at radius 1 is 1.25 bits per heavy atom. The molecule has 0 saturated heterocycles. The lowest BCUT2D eigenvalue weighted by molar-refractivity contribution is -0.134. The van der Waals surface area contributed by atoms with Crippen molar-refractivity contribution < 1.29 is 13.2 Å². The molecule has 0 bridgehead atoms. The van der Waals surface area contributed by atoms with Crippen LogP contribution in [-0.4, -0.2) is 0 Å². The van der Waals surface area contributed by atoms with Gasteiger partial charge in [-0.2, -0.15) is 13.2 Å². The lowest BCUT2D eigenvalue weighted by atomic mass is 10.2. The van der Waals surface area contributed by atoms with E-state index in [4.69, 9.17) is 0 Å². The van der Waals surface area contributed by atoms with Crippen molar-refractivity contribution in [2.24, 2.45) is 0 Å². The minimum absolute atomic E-state index is 0.172. The van der Waals surface area contributed by atoms with Gasteiger partial charge in [0.2, 0.25) is 0 Å². The van der Waals surface area contributed by atoms with Crippen LogP contribution in [0.3, 0.4) is 0 Å². The van der Waals surface area contributed by atoms with E-state index in [0.717, 1.165) is 22.3 Å². The monoisotopic (exact) mass is 194 g/mol. The molecule has 1 rings (SSSR count). The Labute approximate surface area is 73.0 Å². The Balaban J connectivity index is 2.92. The summed E-state index contributed by atoms with van der Waals surface area (Å²) in [5.74, 6) is 0.172. The normalized spacial score (nSPS) is 12.5. The van der Waals surface area contributed by atoms with E-state index < -0.39 is 11.1 Å². The lowest BCUT2D eigenvalue weighted by Crippen LogP contribution is -2.00. The molecule has 0 aliphatic rings. The largest absolute Gasteiger partial charge is 0.425 e. The van der Waals surface area contributed by atoms with E-state index in [1.165, 1.54) is 6.07 Å². The maximum Gasteiger partial charge on any atom is 0.425 e. The summed E-state index contributed by atoms with van der Waals surface area (Å²) in [7, 11) is 0. The van der Waals surface area contributed by atoms with E-state index in [-0.39, 0.29) is 5.92 Å². The van der Waals surface area contributed by atoms with Gasteiger partial charge in [-0.05, 0) is 18.1 Å². The van der Waals surface area contributed by atoms with Gasteiger partial charge in [0.05, 0.1) is 0 Å². The lowest BCUT2D eigenvalue weighted by Gasteiger charge is -2.01. The standard InChI is InChI=1S/C8H9F3S/c1-5(2)6-3-4-7(12-6)8(9,10)11/h3-5H,1-2H3. The highest BCUT2D eigenvalue weighted by Gasteiger charge is 2.32. The van der Waals surface area contributed by atoms with Gasteiger partial charge < -0.3 is 0 Å². The summed E-state index contributed by atoms with van der Waals surface area (Å²) in [6, 6.07) is 2.68. The predicted molar refractivity (Wildman–Crippen MR) is 43.4 cm³/mol. The van der Waals surface area contributed by atoms with Crippen LogP contribution in [0.1, 0.15) is 29.5 Å². The number of halogens is 3. The van der Waals surface area contributed by atoms with E-state index in [2.05, 4.69) is 0 Å². The zero-order valence-electron chi connectivity index (χ0n) is 6.77. The molecule has 0 atom stereocenters. The number of thiophene rings is 1. The van der Waals surface area contributed by atoms with Crippen molar-refractivity contribution >= 4 is 11.3 Å². The van der Waals surface area contributed by atoms with Crippen molar-refractivity contribution in [2.75, 3.05) is 0 Å². The van der Waals surface area contributed by atoms with Crippen molar-refractivity contribution in [3.05, 3.63) is 21.9 Å². The highest BCUT2D eigenvalue weighted by molar-refractivity contribution is 7.12. The van der Waals surface area contributed by atoms with Crippen LogP contribution in [0.15, 0.2) is 12.1 Å². The molecule has 12 heavy (non-hydrogen) atoms. The summed E-state index contributed by atoms with van der Waals surface area (Å²) in [5, 5.41) is 0. The maximum atomic E-state index is 12.1. The van der Waals surface area contributed by atoms with Crippen molar-refractivity contribution in [3.8, 4) is 0 Å². The quantitative estimate of drug-likeness (QED) is 0.636. The number of hydrogen-bond donors (Lipinski definition) is 0. The average molecular weight is 194 g/mol. The van der Waals surface area contributed by atoms with Gasteiger partial charge in [-0.25, -0.2) is 0 Å². The molecule has 0 N–H and O–H groups in total. The van der Waals surface area contributed by atoms with Gasteiger partial charge in [-0.3, -0.25) is 0 Å². The minimum Gasteiger partial charge on any atom is -0.165 e. The number of rotatable bonds is 1. The molecule has 4 heteroatoms. The Hall–Kier alpha value is -0.510. The predicted octanol–water partition coefficient (Wildman–Crippen LogP) is 3.89. The number of alkyl halides is 3. The molecule has 0 fully saturated rings. The third-order valence-corrected chi connectivity index (χ3v) is 2.91. The van der Waals surface area contributed by atoms with Crippen LogP contribution < -0.4 is 0 Å². The second-order valence-electron chi connectivity index (χ2n) is 2.85. The summed E-state index contributed by atoms with van der Waals surface area (Å²) in [4.78, 5) is 0.272. The molecule has 0 aliphatic carbocycles. The summed E-state index contributed by atoms with van der Waals surface area (Å²) < 4.78 is 36.2. The van der Waals surface area contributed by atoms with Gasteiger partial charge in [-0.15, -0.1) is 11.3 Å². The fourth-order valence-corrected chi connectivity index (χ4v) is 1.69. The van der Waals surface area contributed by atoms with Crippen LogP contribution in [0.2, 0.25) is 0 Å². The summed E-state index contributed by atoms with van der Waals surface area (Å²) in [6.07, 6.45) is -4.18. The van der Waals surface area contributed by atoms with E-state index in [9.17, 15) is 13.2 Å². The molecule has 0 spiro atoms. The van der Waals surface area contributed by atoms with Crippen molar-refractivity contribution in [3.63, 3.8) is 0 Å². The minimum atomic E-state index is -4.18. The molecule has 68 valence electrons. The van der Waals surface area contributed by atoms with Crippen LogP contribution >= 0.6 is 11.3 Å². The fourth-order valence-electron chi connectivity index (χ4n) is 0.815. The van der Waals surface area contributed by atoms with Gasteiger partial charge in [0.25, 0.3) is 0 Å². The van der Waals surface area contributed by atoms with Gasteiger partial charge in [0.15, 0.2) is 0 Å². The molecule has 0 aromatic carbocycles. The van der Waals surface area contributed by atoms with Gasteiger partial charge in [-0.1, -0.05) is 13.8 Å². The van der Waals surface area contributed by atoms with E-state index in [0.29, 0.717) is 0 Å². The van der Waals surface area contributed by atoms with Crippen LogP contribution in [0.5, 0.6) is 0 Å². The number of hydrogen-bond acceptors (Lipinski definition) is 1. The molecule has 0 aliphatic heterocycles. The Morgan fingerprint density at radius 2 is 1.83 bits per heavy atom. The molecule has 0 unspecified atom stereocenters. The van der Waals surface area contributed by atoms with E-state index >= 15 is 0 Å². The average Bonchev–Trinajstić information content (AvgIpc) is 2.30. The van der Waals surface area contributed by atoms with Crippen LogP contribution in [-0.2, 0) is 6.18 Å². The van der Waals surface area contributed by atoms with Crippen molar-refractivity contribution in [1.82, 2.24) is 0 Å². The fraction of sp³-hybridized carbons (Fsp3) is 0.500. The second-order valence-corrected chi connectivity index (χ2v) is 3.97. The first-order valence-corrected chi connectivity index (χ1v) is 4.40. The highest BCUT2D eigenvalue weighted by atomic mass is 32.1. The molecular weight excluding hydrogens is 185 g/mol. The van der Waals surface area contributed by atoms with E-state index in [1.54, 1.807) is 0 Å². The first kappa shape index (κ1) is 9.58. The highest BCUT2D eigenvalue weighted by Crippen LogP contribution is 2.36. The molecule has 1 heterocycles. The van der Waals surface area contributed by atoms with Crippen molar-refractivity contribution in [2.45, 2.75) is 25.9 Å². The molecule has 1 aromatic heterocycles. The summed E-state index contributed by atoms with van der Waals surface area (Å²) in [6.45, 7) is 3.76. The maximum absolute atomic E-state index is 12.1. The second kappa shape index (κ2) is 3.09. The topological polar surface area (TPSA) is 0 Å². The molecule has 1 aromatic rings. The Morgan fingerprint density at radius 3 is 2.08 bits per heavy atom. The zero-order chi connectivity index (χ0) is 9.35. The van der Waals surface area contributed by atoms with E-state index in [1.807, 2.05) is 13.8 Å².